The lowest BCUT2D eigenvalue weighted by Crippen LogP contribution is -2.30. The number of fused-ring (bicyclic) bond motifs is 1. The maximum absolute atomic E-state index is 12.5. The Labute approximate surface area is 161 Å². The maximum atomic E-state index is 12.5. The lowest BCUT2D eigenvalue weighted by molar-refractivity contribution is -0.123. The summed E-state index contributed by atoms with van der Waals surface area (Å²) in [6.07, 6.45) is 3.84. The molecule has 8 nitrogen and oxygen atoms in total. The van der Waals surface area contributed by atoms with Gasteiger partial charge >= 0.3 is 0 Å². The van der Waals surface area contributed by atoms with Crippen molar-refractivity contribution in [2.75, 3.05) is 6.61 Å². The van der Waals surface area contributed by atoms with Crippen LogP contribution in [-0.4, -0.2) is 39.3 Å². The van der Waals surface area contributed by atoms with Crippen LogP contribution in [0.1, 0.15) is 41.9 Å². The summed E-state index contributed by atoms with van der Waals surface area (Å²) in [6, 6.07) is 12.9. The number of rotatable bonds is 7. The minimum Gasteiger partial charge on any atom is -0.484 e. The van der Waals surface area contributed by atoms with Gasteiger partial charge in [0.05, 0.1) is 11.6 Å². The molecule has 1 saturated carbocycles. The number of nitrogens with zero attached hydrogens (tertiary/aromatic N) is 3. The average Bonchev–Trinajstić information content (AvgIpc) is 3.41. The number of hydrogen-bond donors (Lipinski definition) is 2. The SMILES string of the molecule is CC(NC(=O)c1nnn2ccccc12)c1ccc(OCC(=O)NC2CC2)cc1. The molecule has 4 rings (SSSR count). The summed E-state index contributed by atoms with van der Waals surface area (Å²) in [4.78, 5) is 24.2. The summed E-state index contributed by atoms with van der Waals surface area (Å²) in [7, 11) is 0. The molecule has 1 fully saturated rings. The molecule has 144 valence electrons. The first-order valence-corrected chi connectivity index (χ1v) is 9.23. The van der Waals surface area contributed by atoms with Gasteiger partial charge in [-0.1, -0.05) is 23.4 Å². The molecule has 1 aliphatic carbocycles. The summed E-state index contributed by atoms with van der Waals surface area (Å²) in [6.45, 7) is 1.89. The predicted molar refractivity (Wildman–Crippen MR) is 102 cm³/mol. The largest absolute Gasteiger partial charge is 0.484 e. The molecule has 0 saturated heterocycles. The Morgan fingerprint density at radius 2 is 2.00 bits per heavy atom. The highest BCUT2D eigenvalue weighted by Crippen LogP contribution is 2.20. The van der Waals surface area contributed by atoms with Crippen LogP contribution in [0.2, 0.25) is 0 Å². The van der Waals surface area contributed by atoms with E-state index in [1.165, 1.54) is 0 Å². The molecule has 2 amide bonds. The van der Waals surface area contributed by atoms with Crippen molar-refractivity contribution in [3.05, 3.63) is 59.9 Å². The number of aromatic nitrogens is 3. The first kappa shape index (κ1) is 18.0. The van der Waals surface area contributed by atoms with Gasteiger partial charge in [0.1, 0.15) is 5.75 Å². The van der Waals surface area contributed by atoms with Crippen LogP contribution in [0.15, 0.2) is 48.7 Å². The van der Waals surface area contributed by atoms with Gasteiger partial charge in [-0.05, 0) is 49.6 Å². The lowest BCUT2D eigenvalue weighted by atomic mass is 10.1. The third kappa shape index (κ3) is 4.11. The van der Waals surface area contributed by atoms with E-state index in [1.54, 1.807) is 28.9 Å². The standard InChI is InChI=1S/C20H21N5O3/c1-13(21-20(27)19-17-4-2-3-11-25(17)24-23-19)14-5-9-16(10-6-14)28-12-18(26)22-15-7-8-15/h2-6,9-11,13,15H,7-8,12H2,1H3,(H,21,27)(H,22,26). The topological polar surface area (TPSA) is 97.6 Å². The van der Waals surface area contributed by atoms with Crippen molar-refractivity contribution in [3.63, 3.8) is 0 Å². The van der Waals surface area contributed by atoms with E-state index >= 15 is 0 Å². The predicted octanol–water partition coefficient (Wildman–Crippen LogP) is 1.88. The number of benzene rings is 1. The van der Waals surface area contributed by atoms with E-state index in [2.05, 4.69) is 20.9 Å². The van der Waals surface area contributed by atoms with Crippen molar-refractivity contribution in [3.8, 4) is 5.75 Å². The van der Waals surface area contributed by atoms with Crippen molar-refractivity contribution >= 4 is 17.3 Å². The van der Waals surface area contributed by atoms with Gasteiger partial charge in [-0.2, -0.15) is 0 Å². The van der Waals surface area contributed by atoms with Gasteiger partial charge in [0.2, 0.25) is 0 Å². The monoisotopic (exact) mass is 379 g/mol. The fourth-order valence-corrected chi connectivity index (χ4v) is 2.85. The van der Waals surface area contributed by atoms with Crippen molar-refractivity contribution in [1.29, 1.82) is 0 Å². The van der Waals surface area contributed by atoms with E-state index in [1.807, 2.05) is 31.2 Å². The fraction of sp³-hybridized carbons (Fsp3) is 0.300. The van der Waals surface area contributed by atoms with Crippen LogP contribution in [0.25, 0.3) is 5.52 Å². The number of carbonyl (C=O) groups is 2. The van der Waals surface area contributed by atoms with Crippen LogP contribution in [-0.2, 0) is 4.79 Å². The first-order chi connectivity index (χ1) is 13.6. The van der Waals surface area contributed by atoms with Gasteiger partial charge in [0.15, 0.2) is 12.3 Å². The van der Waals surface area contributed by atoms with Crippen LogP contribution < -0.4 is 15.4 Å². The third-order valence-corrected chi connectivity index (χ3v) is 4.58. The second kappa shape index (κ2) is 7.67. The molecule has 8 heteroatoms. The molecule has 0 radical (unpaired) electrons. The Morgan fingerprint density at radius 3 is 2.75 bits per heavy atom. The Balaban J connectivity index is 1.34. The van der Waals surface area contributed by atoms with Crippen molar-refractivity contribution in [2.24, 2.45) is 0 Å². The van der Waals surface area contributed by atoms with Gasteiger partial charge in [-0.25, -0.2) is 4.52 Å². The lowest BCUT2D eigenvalue weighted by Gasteiger charge is -2.14. The van der Waals surface area contributed by atoms with E-state index in [-0.39, 0.29) is 30.2 Å². The van der Waals surface area contributed by atoms with Gasteiger partial charge in [-0.3, -0.25) is 9.59 Å². The van der Waals surface area contributed by atoms with Gasteiger partial charge in [-0.15, -0.1) is 5.10 Å². The molecule has 1 aliphatic rings. The van der Waals surface area contributed by atoms with E-state index in [4.69, 9.17) is 4.74 Å². The zero-order valence-electron chi connectivity index (χ0n) is 15.5. The number of pyridine rings is 1. The smallest absolute Gasteiger partial charge is 0.274 e. The molecular weight excluding hydrogens is 358 g/mol. The molecule has 2 aromatic heterocycles. The molecule has 0 spiro atoms. The summed E-state index contributed by atoms with van der Waals surface area (Å²) in [5.74, 6) is 0.219. The Morgan fingerprint density at radius 1 is 1.21 bits per heavy atom. The second-order valence-electron chi connectivity index (χ2n) is 6.86. The van der Waals surface area contributed by atoms with E-state index in [0.29, 0.717) is 17.3 Å². The van der Waals surface area contributed by atoms with Crippen LogP contribution in [0.5, 0.6) is 5.75 Å². The molecular formula is C20H21N5O3. The molecule has 28 heavy (non-hydrogen) atoms. The summed E-state index contributed by atoms with van der Waals surface area (Å²) >= 11 is 0. The van der Waals surface area contributed by atoms with Gasteiger partial charge < -0.3 is 15.4 Å². The highest BCUT2D eigenvalue weighted by Gasteiger charge is 2.23. The van der Waals surface area contributed by atoms with Gasteiger partial charge in [0.25, 0.3) is 11.8 Å². The molecule has 1 aromatic carbocycles. The van der Waals surface area contributed by atoms with Crippen molar-refractivity contribution in [2.45, 2.75) is 31.8 Å². The Bertz CT molecular complexity index is 995. The zero-order valence-corrected chi connectivity index (χ0v) is 15.5. The van der Waals surface area contributed by atoms with Crippen LogP contribution in [0.4, 0.5) is 0 Å². The minimum absolute atomic E-state index is 0.00252. The molecule has 2 heterocycles. The maximum Gasteiger partial charge on any atom is 0.274 e. The molecule has 0 aliphatic heterocycles. The minimum atomic E-state index is -0.286. The van der Waals surface area contributed by atoms with Crippen LogP contribution in [0, 0.1) is 0 Å². The summed E-state index contributed by atoms with van der Waals surface area (Å²) in [5, 5.41) is 13.7. The quantitative estimate of drug-likeness (QED) is 0.653. The molecule has 0 bridgehead atoms. The van der Waals surface area contributed by atoms with Crippen molar-refractivity contribution < 1.29 is 14.3 Å². The highest BCUT2D eigenvalue weighted by molar-refractivity contribution is 5.98. The average molecular weight is 379 g/mol. The molecule has 1 atom stereocenters. The fourth-order valence-electron chi connectivity index (χ4n) is 2.85. The third-order valence-electron chi connectivity index (χ3n) is 4.58. The normalized spacial score (nSPS) is 14.5. The number of hydrogen-bond acceptors (Lipinski definition) is 5. The number of ether oxygens (including phenoxy) is 1. The second-order valence-corrected chi connectivity index (χ2v) is 6.86. The van der Waals surface area contributed by atoms with Crippen molar-refractivity contribution in [1.82, 2.24) is 25.5 Å². The van der Waals surface area contributed by atoms with E-state index in [0.717, 1.165) is 18.4 Å². The Hall–Kier alpha value is -3.42. The van der Waals surface area contributed by atoms with Crippen LogP contribution in [0.3, 0.4) is 0 Å². The Kier molecular flexibility index (Phi) is 4.92. The van der Waals surface area contributed by atoms with E-state index < -0.39 is 0 Å². The number of nitrogens with one attached hydrogen (secondary N) is 2. The number of carbonyl (C=O) groups excluding carboxylic acids is 2. The molecule has 2 N–H and O–H groups in total. The zero-order chi connectivity index (χ0) is 19.5. The molecule has 1 unspecified atom stereocenters. The molecule has 3 aromatic rings. The van der Waals surface area contributed by atoms with Crippen LogP contribution >= 0.6 is 0 Å². The van der Waals surface area contributed by atoms with E-state index in [9.17, 15) is 9.59 Å². The highest BCUT2D eigenvalue weighted by atomic mass is 16.5. The first-order valence-electron chi connectivity index (χ1n) is 9.23. The summed E-state index contributed by atoms with van der Waals surface area (Å²) < 4.78 is 7.06. The summed E-state index contributed by atoms with van der Waals surface area (Å²) in [5.41, 5.74) is 1.86. The van der Waals surface area contributed by atoms with Gasteiger partial charge in [0, 0.05) is 12.2 Å². The number of amides is 2.